The van der Waals surface area contributed by atoms with Gasteiger partial charge in [-0.1, -0.05) is 53.1 Å². The highest BCUT2D eigenvalue weighted by Gasteiger charge is 2.33. The molecule has 1 fully saturated rings. The molecule has 1 aliphatic rings. The first kappa shape index (κ1) is 20.8. The fourth-order valence-electron chi connectivity index (χ4n) is 2.64. The van der Waals surface area contributed by atoms with Crippen molar-refractivity contribution < 1.29 is 14.1 Å². The van der Waals surface area contributed by atoms with Gasteiger partial charge in [0.1, 0.15) is 0 Å². The molecule has 0 bridgehead atoms. The van der Waals surface area contributed by atoms with Crippen LogP contribution in [0.2, 0.25) is 0 Å². The summed E-state index contributed by atoms with van der Waals surface area (Å²) in [6.07, 6.45) is 3.89. The molecule has 0 amide bonds. The van der Waals surface area contributed by atoms with Gasteiger partial charge in [-0.3, -0.25) is 4.84 Å². The maximum atomic E-state index is 13.4. The summed E-state index contributed by atoms with van der Waals surface area (Å²) in [5, 5.41) is 0. The number of rotatable bonds is 7. The van der Waals surface area contributed by atoms with Gasteiger partial charge in [0.15, 0.2) is 0 Å². The minimum absolute atomic E-state index is 0.268. The van der Waals surface area contributed by atoms with Gasteiger partial charge in [0.05, 0.1) is 5.60 Å². The quantitative estimate of drug-likeness (QED) is 0.638. The Morgan fingerprint density at radius 1 is 1.14 bits per heavy atom. The van der Waals surface area contributed by atoms with Crippen LogP contribution in [-0.2, 0) is 9.68 Å². The van der Waals surface area contributed by atoms with E-state index in [1.807, 2.05) is 41.5 Å². The van der Waals surface area contributed by atoms with Gasteiger partial charge in [0, 0.05) is 6.42 Å². The molecule has 4 heteroatoms. The molecule has 128 valence electrons. The van der Waals surface area contributed by atoms with Crippen LogP contribution in [0.25, 0.3) is 0 Å². The lowest BCUT2D eigenvalue weighted by Crippen LogP contribution is -2.41. The first-order valence-electron chi connectivity index (χ1n) is 8.54. The molecule has 0 aliphatic heterocycles. The van der Waals surface area contributed by atoms with E-state index in [1.165, 1.54) is 25.7 Å². The third-order valence-corrected chi connectivity index (χ3v) is 4.14. The summed E-state index contributed by atoms with van der Waals surface area (Å²) in [4.78, 5) is 10.4. The summed E-state index contributed by atoms with van der Waals surface area (Å²) >= 11 is 0. The van der Waals surface area contributed by atoms with Crippen LogP contribution < -0.4 is 5.64 Å². The fraction of sp³-hybridized carbons (Fsp3) is 1.00. The van der Waals surface area contributed by atoms with Gasteiger partial charge in [-0.05, 0) is 44.4 Å². The van der Waals surface area contributed by atoms with E-state index < -0.39 is 6.36 Å². The van der Waals surface area contributed by atoms with Crippen LogP contribution in [0.4, 0.5) is 4.39 Å². The summed E-state index contributed by atoms with van der Waals surface area (Å²) < 4.78 is 13.4. The predicted octanol–water partition coefficient (Wildman–Crippen LogP) is 5.41. The second kappa shape index (κ2) is 10.5. The van der Waals surface area contributed by atoms with Crippen LogP contribution in [0.1, 0.15) is 80.6 Å². The van der Waals surface area contributed by atoms with Crippen molar-refractivity contribution in [2.75, 3.05) is 0 Å². The first-order valence-corrected chi connectivity index (χ1v) is 8.54. The number of hydrogen-bond donors (Lipinski definition) is 1. The van der Waals surface area contributed by atoms with Crippen LogP contribution in [0, 0.1) is 17.8 Å². The van der Waals surface area contributed by atoms with Crippen molar-refractivity contribution in [3.05, 3.63) is 0 Å². The summed E-state index contributed by atoms with van der Waals surface area (Å²) in [6, 6.07) is 0. The van der Waals surface area contributed by atoms with Crippen molar-refractivity contribution in [3.8, 4) is 0 Å². The maximum absolute atomic E-state index is 13.4. The Hall–Kier alpha value is -0.190. The van der Waals surface area contributed by atoms with E-state index in [0.717, 1.165) is 5.92 Å². The van der Waals surface area contributed by atoms with Crippen molar-refractivity contribution in [3.63, 3.8) is 0 Å². The number of hydrogen-bond acceptors (Lipinski definition) is 3. The highest BCUT2D eigenvalue weighted by atomic mass is 19.1. The molecule has 1 N–H and O–H groups in total. The lowest BCUT2D eigenvalue weighted by atomic mass is 9.75. The molecule has 0 aromatic rings. The molecular weight excluding hydrogens is 269 g/mol. The lowest BCUT2D eigenvalue weighted by molar-refractivity contribution is -0.282. The maximum Gasteiger partial charge on any atom is 0.220 e. The molecular formula is C17H36FNO2. The Morgan fingerprint density at radius 3 is 2.14 bits per heavy atom. The third-order valence-electron chi connectivity index (χ3n) is 4.14. The fourth-order valence-corrected chi connectivity index (χ4v) is 2.64. The molecule has 1 atom stereocenters. The molecule has 1 unspecified atom stereocenters. The van der Waals surface area contributed by atoms with E-state index in [2.05, 4.69) is 12.6 Å². The van der Waals surface area contributed by atoms with Crippen molar-refractivity contribution in [2.45, 2.75) is 92.5 Å². The normalized spacial score (nSPS) is 24.4. The van der Waals surface area contributed by atoms with E-state index in [4.69, 9.17) is 9.68 Å². The van der Waals surface area contributed by atoms with E-state index in [0.29, 0.717) is 12.3 Å². The molecule has 0 saturated heterocycles. The average molecular weight is 305 g/mol. The van der Waals surface area contributed by atoms with Crippen LogP contribution in [0.5, 0.6) is 0 Å². The van der Waals surface area contributed by atoms with Gasteiger partial charge in [-0.25, -0.2) is 9.23 Å². The van der Waals surface area contributed by atoms with Crippen molar-refractivity contribution in [1.82, 2.24) is 5.64 Å². The SMILES string of the molecule is CC.CC(C)CC(F)ONOC(C)(C)C1CCC(C)CC1. The summed E-state index contributed by atoms with van der Waals surface area (Å²) in [5.74, 6) is 1.59. The third kappa shape index (κ3) is 8.74. The molecule has 0 aromatic carbocycles. The highest BCUT2D eigenvalue weighted by Crippen LogP contribution is 2.36. The van der Waals surface area contributed by atoms with Gasteiger partial charge in [0.25, 0.3) is 0 Å². The monoisotopic (exact) mass is 305 g/mol. The molecule has 0 spiro atoms. The van der Waals surface area contributed by atoms with Crippen molar-refractivity contribution in [1.29, 1.82) is 0 Å². The summed E-state index contributed by atoms with van der Waals surface area (Å²) in [7, 11) is 0. The molecule has 0 radical (unpaired) electrons. The molecule has 21 heavy (non-hydrogen) atoms. The van der Waals surface area contributed by atoms with Crippen molar-refractivity contribution in [2.24, 2.45) is 17.8 Å². The van der Waals surface area contributed by atoms with Crippen LogP contribution in [-0.4, -0.2) is 12.0 Å². The molecule has 0 aromatic heterocycles. The van der Waals surface area contributed by atoms with Gasteiger partial charge in [-0.15, -0.1) is 0 Å². The first-order chi connectivity index (χ1) is 9.81. The smallest absolute Gasteiger partial charge is 0.220 e. The van der Waals surface area contributed by atoms with Crippen LogP contribution in [0.15, 0.2) is 0 Å². The molecule has 0 heterocycles. The Bertz CT molecular complexity index is 251. The Labute approximate surface area is 130 Å². The van der Waals surface area contributed by atoms with Gasteiger partial charge >= 0.3 is 0 Å². The zero-order chi connectivity index (χ0) is 16.5. The van der Waals surface area contributed by atoms with Crippen LogP contribution >= 0.6 is 0 Å². The number of nitrogens with one attached hydrogen (secondary N) is 1. The Morgan fingerprint density at radius 2 is 1.67 bits per heavy atom. The molecule has 1 rings (SSSR count). The van der Waals surface area contributed by atoms with Crippen LogP contribution in [0.3, 0.4) is 0 Å². The van der Waals surface area contributed by atoms with E-state index in [-0.39, 0.29) is 11.5 Å². The molecule has 1 aliphatic carbocycles. The second-order valence-corrected chi connectivity index (χ2v) is 6.90. The number of alkyl halides is 1. The average Bonchev–Trinajstić information content (AvgIpc) is 2.40. The Kier molecular flexibility index (Phi) is 10.4. The standard InChI is InChI=1S/C15H30FNO2.C2H6/c1-11(2)10-14(16)18-17-19-15(4,5)13-8-6-12(3)7-9-13;1-2/h11-14,17H,6-10H2,1-5H3;1-2H3. The Balaban J connectivity index is 0.00000191. The van der Waals surface area contributed by atoms with Gasteiger partial charge < -0.3 is 0 Å². The minimum atomic E-state index is -1.32. The molecule has 3 nitrogen and oxygen atoms in total. The highest BCUT2D eigenvalue weighted by molar-refractivity contribution is 4.83. The van der Waals surface area contributed by atoms with E-state index >= 15 is 0 Å². The van der Waals surface area contributed by atoms with Crippen molar-refractivity contribution >= 4 is 0 Å². The zero-order valence-corrected chi connectivity index (χ0v) is 15.0. The topological polar surface area (TPSA) is 30.5 Å². The zero-order valence-electron chi connectivity index (χ0n) is 15.0. The summed E-state index contributed by atoms with van der Waals surface area (Å²) in [5.41, 5.74) is 2.04. The van der Waals surface area contributed by atoms with Gasteiger partial charge in [0.2, 0.25) is 6.36 Å². The predicted molar refractivity (Wildman–Crippen MR) is 86.2 cm³/mol. The van der Waals surface area contributed by atoms with E-state index in [1.54, 1.807) is 0 Å². The largest absolute Gasteiger partial charge is 0.270 e. The second-order valence-electron chi connectivity index (χ2n) is 6.90. The number of halogens is 1. The lowest BCUT2D eigenvalue weighted by Gasteiger charge is -2.37. The van der Waals surface area contributed by atoms with Gasteiger partial charge in [-0.2, -0.15) is 0 Å². The molecule has 1 saturated carbocycles. The minimum Gasteiger partial charge on any atom is -0.270 e. The van der Waals surface area contributed by atoms with E-state index in [9.17, 15) is 4.39 Å². The summed E-state index contributed by atoms with van der Waals surface area (Å²) in [6.45, 7) is 14.3.